The number of carbonyl (C=O) groups excluding carboxylic acids is 1. The molecule has 162 valence electrons. The molecule has 1 saturated heterocycles. The van der Waals surface area contributed by atoms with E-state index in [9.17, 15) is 9.59 Å². The number of thiazole rings is 1. The number of nitrogens with zero attached hydrogens (tertiary/aromatic N) is 5. The summed E-state index contributed by atoms with van der Waals surface area (Å²) in [5.41, 5.74) is 1.71. The first-order valence-corrected chi connectivity index (χ1v) is 11.7. The van der Waals surface area contributed by atoms with E-state index in [4.69, 9.17) is 0 Å². The lowest BCUT2D eigenvalue weighted by Crippen LogP contribution is -2.46. The topological polar surface area (TPSA) is 83.4 Å². The molecule has 3 heterocycles. The zero-order valence-electron chi connectivity index (χ0n) is 17.6. The van der Waals surface area contributed by atoms with E-state index in [2.05, 4.69) is 38.1 Å². The summed E-state index contributed by atoms with van der Waals surface area (Å²) < 4.78 is 1.90. The third kappa shape index (κ3) is 4.89. The van der Waals surface area contributed by atoms with Crippen LogP contribution >= 0.6 is 11.3 Å². The molecular weight excluding hydrogens is 400 g/mol. The molecule has 0 atom stereocenters. The molecule has 30 heavy (non-hydrogen) atoms. The van der Waals surface area contributed by atoms with Crippen molar-refractivity contribution in [3.05, 3.63) is 28.3 Å². The fraction of sp³-hybridized carbons (Fsp3) is 0.619. The lowest BCUT2D eigenvalue weighted by molar-refractivity contribution is -0.121. The van der Waals surface area contributed by atoms with Crippen molar-refractivity contribution < 1.29 is 4.79 Å². The van der Waals surface area contributed by atoms with Crippen LogP contribution in [0, 0.1) is 0 Å². The van der Waals surface area contributed by atoms with Gasteiger partial charge in [-0.3, -0.25) is 14.2 Å². The second kappa shape index (κ2) is 9.70. The van der Waals surface area contributed by atoms with E-state index in [0.717, 1.165) is 57.1 Å². The fourth-order valence-electron chi connectivity index (χ4n) is 4.04. The van der Waals surface area contributed by atoms with Crippen LogP contribution in [0.2, 0.25) is 0 Å². The number of likely N-dealkylation sites (N-methyl/N-ethyl adjacent to an activating group) is 1. The number of fused-ring (bicyclic) bond motifs is 1. The molecule has 0 saturated carbocycles. The van der Waals surface area contributed by atoms with Crippen LogP contribution in [0.1, 0.15) is 39.0 Å². The summed E-state index contributed by atoms with van der Waals surface area (Å²) in [4.78, 5) is 38.7. The van der Waals surface area contributed by atoms with Gasteiger partial charge in [-0.25, -0.2) is 4.98 Å². The predicted octanol–water partition coefficient (Wildman–Crippen LogP) is 2.00. The van der Waals surface area contributed by atoms with Crippen LogP contribution in [0.5, 0.6) is 0 Å². The van der Waals surface area contributed by atoms with E-state index in [-0.39, 0.29) is 18.0 Å². The minimum absolute atomic E-state index is 0.0107. The van der Waals surface area contributed by atoms with Gasteiger partial charge < -0.3 is 15.1 Å². The average Bonchev–Trinajstić information content (AvgIpc) is 3.22. The first kappa shape index (κ1) is 21.0. The number of piperazine rings is 1. The molecule has 1 aliphatic heterocycles. The van der Waals surface area contributed by atoms with Gasteiger partial charge in [-0.15, -0.1) is 0 Å². The van der Waals surface area contributed by atoms with E-state index in [1.54, 1.807) is 0 Å². The second-order valence-corrected chi connectivity index (χ2v) is 8.93. The van der Waals surface area contributed by atoms with Gasteiger partial charge in [0.15, 0.2) is 10.8 Å². The lowest BCUT2D eigenvalue weighted by Gasteiger charge is -2.33. The molecule has 0 spiro atoms. The summed E-state index contributed by atoms with van der Waals surface area (Å²) in [6.07, 6.45) is 9.41. The summed E-state index contributed by atoms with van der Waals surface area (Å²) in [6, 6.07) is 0. The zero-order chi connectivity index (χ0) is 20.9. The third-order valence-corrected chi connectivity index (χ3v) is 7.02. The molecule has 9 heteroatoms. The molecule has 8 nitrogen and oxygen atoms in total. The molecule has 0 bridgehead atoms. The average molecular weight is 431 g/mol. The molecule has 0 radical (unpaired) electrons. The Labute approximate surface area is 180 Å². The molecule has 2 aromatic heterocycles. The van der Waals surface area contributed by atoms with Gasteiger partial charge in [0.1, 0.15) is 17.6 Å². The fourth-order valence-corrected chi connectivity index (χ4v) is 5.06. The SMILES string of the molecule is CCN1CCN(c2nc3ncn(CC(=O)NCCC4=CCCCC4)c(=O)c3s2)CC1. The Morgan fingerprint density at radius 1 is 1.23 bits per heavy atom. The summed E-state index contributed by atoms with van der Waals surface area (Å²) in [5.74, 6) is -0.157. The molecule has 1 amide bonds. The first-order chi connectivity index (χ1) is 14.6. The van der Waals surface area contributed by atoms with E-state index in [1.807, 2.05) is 0 Å². The Morgan fingerprint density at radius 2 is 2.07 bits per heavy atom. The third-order valence-electron chi connectivity index (χ3n) is 5.93. The highest BCUT2D eigenvalue weighted by Crippen LogP contribution is 2.26. The quantitative estimate of drug-likeness (QED) is 0.677. The number of nitrogens with one attached hydrogen (secondary N) is 1. The minimum atomic E-state index is -0.193. The highest BCUT2D eigenvalue weighted by molar-refractivity contribution is 7.22. The van der Waals surface area contributed by atoms with Crippen LogP contribution in [-0.2, 0) is 11.3 Å². The second-order valence-electron chi connectivity index (χ2n) is 7.96. The van der Waals surface area contributed by atoms with Crippen molar-refractivity contribution in [3.8, 4) is 0 Å². The maximum Gasteiger partial charge on any atom is 0.273 e. The summed E-state index contributed by atoms with van der Waals surface area (Å²) >= 11 is 1.38. The van der Waals surface area contributed by atoms with Gasteiger partial charge >= 0.3 is 0 Å². The van der Waals surface area contributed by atoms with Gasteiger partial charge in [0.05, 0.1) is 0 Å². The van der Waals surface area contributed by atoms with E-state index in [0.29, 0.717) is 16.9 Å². The standard InChI is InChI=1S/C21H30N6O2S/c1-2-25-10-12-26(13-11-25)21-24-19-18(30-21)20(29)27(15-23-19)14-17(28)22-9-8-16-6-4-3-5-7-16/h6,15H,2-5,7-14H2,1H3,(H,22,28). The van der Waals surface area contributed by atoms with E-state index >= 15 is 0 Å². The molecule has 1 fully saturated rings. The maximum atomic E-state index is 12.9. The number of rotatable bonds is 7. The van der Waals surface area contributed by atoms with Gasteiger partial charge in [-0.2, -0.15) is 4.98 Å². The number of hydrogen-bond acceptors (Lipinski definition) is 7. The number of amides is 1. The first-order valence-electron chi connectivity index (χ1n) is 10.9. The minimum Gasteiger partial charge on any atom is -0.354 e. The molecule has 0 unspecified atom stereocenters. The Morgan fingerprint density at radius 3 is 2.80 bits per heavy atom. The molecule has 2 aromatic rings. The summed E-state index contributed by atoms with van der Waals surface area (Å²) in [6.45, 7) is 7.64. The van der Waals surface area contributed by atoms with Crippen molar-refractivity contribution in [2.24, 2.45) is 0 Å². The molecule has 1 aliphatic carbocycles. The monoisotopic (exact) mass is 430 g/mol. The lowest BCUT2D eigenvalue weighted by atomic mass is 9.97. The van der Waals surface area contributed by atoms with Crippen molar-refractivity contribution in [1.29, 1.82) is 0 Å². The van der Waals surface area contributed by atoms with Crippen LogP contribution in [0.25, 0.3) is 10.3 Å². The summed E-state index contributed by atoms with van der Waals surface area (Å²) in [5, 5.41) is 3.77. The van der Waals surface area contributed by atoms with Gasteiger partial charge in [0.25, 0.3) is 5.56 Å². The highest BCUT2D eigenvalue weighted by atomic mass is 32.1. The van der Waals surface area contributed by atoms with Crippen molar-refractivity contribution >= 4 is 32.7 Å². The van der Waals surface area contributed by atoms with Gasteiger partial charge in [-0.05, 0) is 38.6 Å². The Hall–Kier alpha value is -2.26. The van der Waals surface area contributed by atoms with Crippen LogP contribution < -0.4 is 15.8 Å². The van der Waals surface area contributed by atoms with Crippen molar-refractivity contribution in [3.63, 3.8) is 0 Å². The molecule has 1 N–H and O–H groups in total. The van der Waals surface area contributed by atoms with E-state index < -0.39 is 0 Å². The molecular formula is C21H30N6O2S. The molecule has 2 aliphatic rings. The summed E-state index contributed by atoms with van der Waals surface area (Å²) in [7, 11) is 0. The van der Waals surface area contributed by atoms with Crippen LogP contribution in [-0.4, -0.2) is 64.6 Å². The van der Waals surface area contributed by atoms with E-state index in [1.165, 1.54) is 40.6 Å². The van der Waals surface area contributed by atoms with Crippen molar-refractivity contribution in [1.82, 2.24) is 24.8 Å². The molecule has 4 rings (SSSR count). The number of anilines is 1. The number of hydrogen-bond donors (Lipinski definition) is 1. The number of carbonyl (C=O) groups is 1. The van der Waals surface area contributed by atoms with Crippen LogP contribution in [0.15, 0.2) is 22.8 Å². The Bertz CT molecular complexity index is 974. The normalized spacial score (nSPS) is 17.9. The zero-order valence-corrected chi connectivity index (χ0v) is 18.4. The van der Waals surface area contributed by atoms with Crippen molar-refractivity contribution in [2.75, 3.05) is 44.2 Å². The predicted molar refractivity (Wildman–Crippen MR) is 120 cm³/mol. The van der Waals surface area contributed by atoms with Crippen LogP contribution in [0.4, 0.5) is 5.13 Å². The smallest absolute Gasteiger partial charge is 0.273 e. The maximum absolute atomic E-state index is 12.9. The van der Waals surface area contributed by atoms with Gasteiger partial charge in [0, 0.05) is 32.7 Å². The number of aromatic nitrogens is 3. The largest absolute Gasteiger partial charge is 0.354 e. The number of allylic oxidation sites excluding steroid dienone is 1. The Kier molecular flexibility index (Phi) is 6.79. The van der Waals surface area contributed by atoms with Crippen molar-refractivity contribution in [2.45, 2.75) is 45.6 Å². The van der Waals surface area contributed by atoms with Gasteiger partial charge in [0.2, 0.25) is 5.91 Å². The Balaban J connectivity index is 1.37. The molecule has 0 aromatic carbocycles. The highest BCUT2D eigenvalue weighted by Gasteiger charge is 2.20. The van der Waals surface area contributed by atoms with Gasteiger partial charge in [-0.1, -0.05) is 29.9 Å². The van der Waals surface area contributed by atoms with Crippen LogP contribution in [0.3, 0.4) is 0 Å².